The van der Waals surface area contributed by atoms with Crippen LogP contribution in [0.25, 0.3) is 0 Å². The first-order valence-electron chi connectivity index (χ1n) is 9.35. The number of fused-ring (bicyclic) bond motifs is 1. The third kappa shape index (κ3) is 5.72. The topological polar surface area (TPSA) is 69.1 Å². The fraction of sp³-hybridized carbons (Fsp3) is 0.632. The molecule has 0 atom stereocenters. The van der Waals surface area contributed by atoms with E-state index in [1.807, 2.05) is 6.07 Å². The smallest absolute Gasteiger partial charge is 0.191 e. The number of aromatic hydroxyl groups is 1. The highest BCUT2D eigenvalue weighted by atomic mass is 127. The normalized spacial score (nSPS) is 18.0. The average molecular weight is 474 g/mol. The lowest BCUT2D eigenvalue weighted by Crippen LogP contribution is -2.44. The molecule has 0 aromatic heterocycles. The molecule has 1 aromatic rings. The van der Waals surface area contributed by atoms with Crippen LogP contribution in [0.1, 0.15) is 29.5 Å². The van der Waals surface area contributed by atoms with Crippen molar-refractivity contribution >= 4 is 29.9 Å². The largest absolute Gasteiger partial charge is 0.508 e. The molecule has 2 aliphatic rings. The third-order valence-corrected chi connectivity index (χ3v) is 5.11. The van der Waals surface area contributed by atoms with Crippen LogP contribution in [-0.4, -0.2) is 62.4 Å². The molecule has 0 radical (unpaired) electrons. The maximum absolute atomic E-state index is 10.3. The zero-order valence-corrected chi connectivity index (χ0v) is 17.9. The van der Waals surface area contributed by atoms with Crippen molar-refractivity contribution in [3.05, 3.63) is 28.8 Å². The summed E-state index contributed by atoms with van der Waals surface area (Å²) in [6, 6.07) is 3.90. The summed E-state index contributed by atoms with van der Waals surface area (Å²) < 4.78 is 5.37. The lowest BCUT2D eigenvalue weighted by molar-refractivity contribution is 0.0389. The second-order valence-corrected chi connectivity index (χ2v) is 6.71. The number of hydrogen-bond acceptors (Lipinski definition) is 4. The Labute approximate surface area is 173 Å². The maximum atomic E-state index is 10.3. The summed E-state index contributed by atoms with van der Waals surface area (Å²) in [5.41, 5.74) is 3.73. The van der Waals surface area contributed by atoms with Crippen molar-refractivity contribution in [2.24, 2.45) is 4.99 Å². The molecular formula is C19H31IN4O2. The molecule has 26 heavy (non-hydrogen) atoms. The van der Waals surface area contributed by atoms with Crippen molar-refractivity contribution in [1.29, 1.82) is 0 Å². The quantitative estimate of drug-likeness (QED) is 0.346. The van der Waals surface area contributed by atoms with Crippen LogP contribution in [0, 0.1) is 0 Å². The van der Waals surface area contributed by atoms with Gasteiger partial charge in [-0.1, -0.05) is 6.07 Å². The van der Waals surface area contributed by atoms with Crippen LogP contribution in [0.15, 0.2) is 17.1 Å². The van der Waals surface area contributed by atoms with Gasteiger partial charge in [-0.3, -0.25) is 9.89 Å². The van der Waals surface area contributed by atoms with Crippen LogP contribution < -0.4 is 10.6 Å². The van der Waals surface area contributed by atoms with E-state index < -0.39 is 0 Å². The molecule has 0 unspecified atom stereocenters. The first-order chi connectivity index (χ1) is 12.3. The molecule has 0 spiro atoms. The predicted molar refractivity (Wildman–Crippen MR) is 116 cm³/mol. The number of halogens is 1. The van der Waals surface area contributed by atoms with Gasteiger partial charge in [-0.15, -0.1) is 24.0 Å². The Morgan fingerprint density at radius 3 is 2.73 bits per heavy atom. The van der Waals surface area contributed by atoms with E-state index in [1.54, 1.807) is 7.05 Å². The van der Waals surface area contributed by atoms with Crippen LogP contribution in [0.2, 0.25) is 0 Å². The number of phenolic OH excluding ortho intramolecular Hbond substituents is 1. The average Bonchev–Trinajstić information content (AvgIpc) is 2.66. The Balaban J connectivity index is 0.00000243. The Bertz CT molecular complexity index is 603. The van der Waals surface area contributed by atoms with Gasteiger partial charge in [0, 0.05) is 45.3 Å². The van der Waals surface area contributed by atoms with E-state index in [9.17, 15) is 5.11 Å². The lowest BCUT2D eigenvalue weighted by Gasteiger charge is -2.27. The number of rotatable bonds is 5. The van der Waals surface area contributed by atoms with E-state index in [-0.39, 0.29) is 24.0 Å². The number of aliphatic imine (C=N–C) groups is 1. The molecule has 146 valence electrons. The van der Waals surface area contributed by atoms with E-state index in [1.165, 1.54) is 24.0 Å². The van der Waals surface area contributed by atoms with Crippen LogP contribution in [-0.2, 0) is 24.1 Å². The molecule has 6 nitrogen and oxygen atoms in total. The standard InChI is InChI=1S/C19H30N4O2.HI/c1-20-19(21-8-9-23-10-12-25-13-11-23)22-14-17-16-5-3-2-4-15(16)6-7-18(17)24;/h6-7,24H,2-5,8-14H2,1H3,(H2,20,21,22);1H. The van der Waals surface area contributed by atoms with Gasteiger partial charge in [-0.05, 0) is 42.9 Å². The number of nitrogens with one attached hydrogen (secondary N) is 2. The zero-order valence-electron chi connectivity index (χ0n) is 15.6. The molecule has 1 heterocycles. The van der Waals surface area contributed by atoms with Crippen LogP contribution >= 0.6 is 24.0 Å². The number of aryl methyl sites for hydroxylation is 1. The number of phenols is 1. The summed E-state index contributed by atoms with van der Waals surface area (Å²) in [4.78, 5) is 6.69. The Kier molecular flexibility index (Phi) is 8.94. The number of nitrogens with zero attached hydrogens (tertiary/aromatic N) is 2. The highest BCUT2D eigenvalue weighted by molar-refractivity contribution is 14.0. The van der Waals surface area contributed by atoms with Crippen molar-refractivity contribution < 1.29 is 9.84 Å². The summed E-state index contributed by atoms with van der Waals surface area (Å²) >= 11 is 0. The van der Waals surface area contributed by atoms with Crippen LogP contribution in [0.3, 0.4) is 0 Å². The van der Waals surface area contributed by atoms with Gasteiger partial charge in [-0.25, -0.2) is 0 Å². The first-order valence-corrected chi connectivity index (χ1v) is 9.35. The van der Waals surface area contributed by atoms with E-state index in [2.05, 4.69) is 26.6 Å². The molecular weight excluding hydrogens is 443 g/mol. The SMILES string of the molecule is CN=C(NCCN1CCOCC1)NCc1c(O)ccc2c1CCCC2.I. The molecule has 1 saturated heterocycles. The van der Waals surface area contributed by atoms with Gasteiger partial charge < -0.3 is 20.5 Å². The van der Waals surface area contributed by atoms with E-state index in [0.717, 1.165) is 63.8 Å². The molecule has 1 aliphatic carbocycles. The summed E-state index contributed by atoms with van der Waals surface area (Å²) in [5, 5.41) is 17.0. The fourth-order valence-electron chi connectivity index (χ4n) is 3.64. The highest BCUT2D eigenvalue weighted by Crippen LogP contribution is 2.30. The Hall–Kier alpha value is -1.06. The van der Waals surface area contributed by atoms with Gasteiger partial charge in [-0.2, -0.15) is 0 Å². The molecule has 1 aromatic carbocycles. The summed E-state index contributed by atoms with van der Waals surface area (Å²) in [6.07, 6.45) is 4.63. The number of guanidine groups is 1. The molecule has 0 saturated carbocycles. The first kappa shape index (κ1) is 21.2. The van der Waals surface area contributed by atoms with Gasteiger partial charge >= 0.3 is 0 Å². The summed E-state index contributed by atoms with van der Waals surface area (Å²) in [6.45, 7) is 6.08. The highest BCUT2D eigenvalue weighted by Gasteiger charge is 2.16. The molecule has 0 amide bonds. The van der Waals surface area contributed by atoms with Crippen molar-refractivity contribution in [1.82, 2.24) is 15.5 Å². The van der Waals surface area contributed by atoms with Gasteiger partial charge in [0.25, 0.3) is 0 Å². The van der Waals surface area contributed by atoms with Gasteiger partial charge in [0.15, 0.2) is 5.96 Å². The van der Waals surface area contributed by atoms with Crippen LogP contribution in [0.4, 0.5) is 0 Å². The minimum absolute atomic E-state index is 0. The number of ether oxygens (including phenoxy) is 1. The maximum Gasteiger partial charge on any atom is 0.191 e. The molecule has 0 bridgehead atoms. The fourth-order valence-corrected chi connectivity index (χ4v) is 3.64. The second-order valence-electron chi connectivity index (χ2n) is 6.71. The summed E-state index contributed by atoms with van der Waals surface area (Å²) in [5.74, 6) is 1.16. The van der Waals surface area contributed by atoms with E-state index >= 15 is 0 Å². The minimum Gasteiger partial charge on any atom is -0.508 e. The number of hydrogen-bond donors (Lipinski definition) is 3. The van der Waals surface area contributed by atoms with E-state index in [0.29, 0.717) is 12.3 Å². The minimum atomic E-state index is 0. The third-order valence-electron chi connectivity index (χ3n) is 5.11. The zero-order chi connectivity index (χ0) is 17.5. The molecule has 1 aliphatic heterocycles. The van der Waals surface area contributed by atoms with Crippen LogP contribution in [0.5, 0.6) is 5.75 Å². The molecule has 3 N–H and O–H groups in total. The van der Waals surface area contributed by atoms with E-state index in [4.69, 9.17) is 4.74 Å². The van der Waals surface area contributed by atoms with Gasteiger partial charge in [0.1, 0.15) is 5.75 Å². The number of morpholine rings is 1. The summed E-state index contributed by atoms with van der Waals surface area (Å²) in [7, 11) is 1.78. The van der Waals surface area contributed by atoms with Crippen molar-refractivity contribution in [3.63, 3.8) is 0 Å². The molecule has 1 fully saturated rings. The van der Waals surface area contributed by atoms with Gasteiger partial charge in [0.05, 0.1) is 13.2 Å². The predicted octanol–water partition coefficient (Wildman–Crippen LogP) is 1.89. The van der Waals surface area contributed by atoms with Crippen molar-refractivity contribution in [2.45, 2.75) is 32.2 Å². The molecule has 7 heteroatoms. The van der Waals surface area contributed by atoms with Gasteiger partial charge in [0.2, 0.25) is 0 Å². The van der Waals surface area contributed by atoms with Crippen molar-refractivity contribution in [2.75, 3.05) is 46.4 Å². The monoisotopic (exact) mass is 474 g/mol. The second kappa shape index (κ2) is 10.9. The Morgan fingerprint density at radius 2 is 1.96 bits per heavy atom. The Morgan fingerprint density at radius 1 is 1.19 bits per heavy atom. The van der Waals surface area contributed by atoms with Crippen molar-refractivity contribution in [3.8, 4) is 5.75 Å². The number of benzene rings is 1. The lowest BCUT2D eigenvalue weighted by atomic mass is 9.88. The molecule has 3 rings (SSSR count).